The second kappa shape index (κ2) is 14.5. The minimum absolute atomic E-state index is 0.0106. The SMILES string of the molecule is CN=NC(=NN)N(Cc1cc(C(F)(F)F)cc(C(F)(F)F)c1)Cc1cc(C(C)=N)c(NC)nc1N(CC1C=C1)C(=O)C1CCCCC1. The van der Waals surface area contributed by atoms with Gasteiger partial charge in [0, 0.05) is 55.9 Å². The Kier molecular flexibility index (Phi) is 10.9. The summed E-state index contributed by atoms with van der Waals surface area (Å²) in [6.45, 7) is 1.02. The quantitative estimate of drug-likeness (QED) is 0.0480. The lowest BCUT2D eigenvalue weighted by atomic mass is 9.88. The largest absolute Gasteiger partial charge is 0.416 e. The maximum Gasteiger partial charge on any atom is 0.416 e. The molecule has 10 nitrogen and oxygen atoms in total. The van der Waals surface area contributed by atoms with Gasteiger partial charge in [-0.05, 0) is 49.6 Å². The molecule has 1 fully saturated rings. The van der Waals surface area contributed by atoms with E-state index in [-0.39, 0.29) is 60.0 Å². The van der Waals surface area contributed by atoms with Crippen LogP contribution in [0.5, 0.6) is 0 Å². The number of benzene rings is 1. The first-order chi connectivity index (χ1) is 22.2. The van der Waals surface area contributed by atoms with Crippen molar-refractivity contribution in [3.8, 4) is 0 Å². The lowest BCUT2D eigenvalue weighted by Crippen LogP contribution is -2.40. The van der Waals surface area contributed by atoms with Crippen LogP contribution in [0.2, 0.25) is 0 Å². The van der Waals surface area contributed by atoms with Crippen LogP contribution in [-0.2, 0) is 30.2 Å². The molecule has 0 atom stereocenters. The highest BCUT2D eigenvalue weighted by Crippen LogP contribution is 2.38. The zero-order valence-electron chi connectivity index (χ0n) is 26.2. The van der Waals surface area contributed by atoms with Crippen molar-refractivity contribution in [2.45, 2.75) is 64.5 Å². The molecular weight excluding hydrogens is 628 g/mol. The fourth-order valence-electron chi connectivity index (χ4n) is 5.63. The van der Waals surface area contributed by atoms with Crippen LogP contribution in [0.15, 0.2) is 51.7 Å². The molecule has 0 spiro atoms. The second-order valence-electron chi connectivity index (χ2n) is 11.6. The highest BCUT2D eigenvalue weighted by molar-refractivity contribution is 6.02. The van der Waals surface area contributed by atoms with Gasteiger partial charge in [-0.3, -0.25) is 9.69 Å². The number of carbonyl (C=O) groups is 1. The van der Waals surface area contributed by atoms with E-state index in [0.717, 1.165) is 19.3 Å². The number of nitrogens with zero attached hydrogens (tertiary/aromatic N) is 6. The van der Waals surface area contributed by atoms with E-state index in [9.17, 15) is 31.1 Å². The lowest BCUT2D eigenvalue weighted by molar-refractivity contribution is -0.143. The first-order valence-electron chi connectivity index (χ1n) is 15.0. The summed E-state index contributed by atoms with van der Waals surface area (Å²) in [5.41, 5.74) is -2.44. The van der Waals surface area contributed by atoms with Crippen LogP contribution in [-0.4, -0.2) is 48.1 Å². The summed E-state index contributed by atoms with van der Waals surface area (Å²) in [6.07, 6.45) is -1.96. The molecule has 2 aromatic rings. The van der Waals surface area contributed by atoms with Crippen molar-refractivity contribution in [3.05, 3.63) is 64.2 Å². The number of guanidine groups is 1. The first kappa shape index (κ1) is 35.4. The van der Waals surface area contributed by atoms with Crippen molar-refractivity contribution < 1.29 is 31.1 Å². The second-order valence-corrected chi connectivity index (χ2v) is 11.6. The predicted octanol–water partition coefficient (Wildman–Crippen LogP) is 6.96. The minimum atomic E-state index is -5.05. The molecule has 47 heavy (non-hydrogen) atoms. The maximum absolute atomic E-state index is 14.1. The highest BCUT2D eigenvalue weighted by Gasteiger charge is 2.38. The molecule has 1 amide bonds. The Morgan fingerprint density at radius 2 is 1.64 bits per heavy atom. The number of halogens is 6. The summed E-state index contributed by atoms with van der Waals surface area (Å²) in [5.74, 6) is 5.52. The van der Waals surface area contributed by atoms with Gasteiger partial charge in [0.25, 0.3) is 5.96 Å². The Morgan fingerprint density at radius 1 is 1.02 bits per heavy atom. The number of azo groups is 1. The molecule has 1 saturated carbocycles. The molecule has 1 heterocycles. The number of alkyl halides is 6. The van der Waals surface area contributed by atoms with Crippen LogP contribution in [0.25, 0.3) is 0 Å². The molecule has 1 aromatic heterocycles. The number of hydrogen-bond acceptors (Lipinski definition) is 7. The Labute approximate surface area is 268 Å². The predicted molar refractivity (Wildman–Crippen MR) is 166 cm³/mol. The van der Waals surface area contributed by atoms with Gasteiger partial charge < -0.3 is 21.5 Å². The Bertz CT molecular complexity index is 1520. The molecule has 0 saturated heterocycles. The standard InChI is InChI=1S/C31H37F6N9O/c1-18(38)25-13-22(27(42-26(25)40-2)46(16-19-9-10-19)28(47)21-7-5-4-6-8-21)17-45(29(43-39)44-41-3)15-20-11-23(30(32,33)34)14-24(12-20)31(35,36)37/h9-14,19,21,38H,4-8,15-17,39H2,1-3H3,(H,40,42). The molecule has 254 valence electrons. The fourth-order valence-corrected chi connectivity index (χ4v) is 5.63. The van der Waals surface area contributed by atoms with Crippen LogP contribution in [0.4, 0.5) is 38.0 Å². The third-order valence-corrected chi connectivity index (χ3v) is 8.02. The summed E-state index contributed by atoms with van der Waals surface area (Å²) in [7, 11) is 2.92. The Balaban J connectivity index is 1.87. The number of carbonyl (C=O) groups excluding carboxylic acids is 1. The summed E-state index contributed by atoms with van der Waals surface area (Å²) < 4.78 is 82.2. The normalized spacial score (nSPS) is 16.1. The number of hydrogen-bond donors (Lipinski definition) is 3. The van der Waals surface area contributed by atoms with Gasteiger partial charge in [0.1, 0.15) is 11.6 Å². The van der Waals surface area contributed by atoms with Crippen LogP contribution >= 0.6 is 0 Å². The topological polar surface area (TPSA) is 135 Å². The average Bonchev–Trinajstić information content (AvgIpc) is 3.85. The molecule has 4 N–H and O–H groups in total. The van der Waals surface area contributed by atoms with Crippen LogP contribution in [0.1, 0.15) is 66.8 Å². The van der Waals surface area contributed by atoms with Crippen molar-refractivity contribution in [2.24, 2.45) is 33.0 Å². The Hall–Kier alpha value is -4.50. The Morgan fingerprint density at radius 3 is 2.13 bits per heavy atom. The van der Waals surface area contributed by atoms with Gasteiger partial charge in [-0.2, -0.15) is 31.5 Å². The molecule has 0 unspecified atom stereocenters. The summed E-state index contributed by atoms with van der Waals surface area (Å²) in [5, 5.41) is 22.5. The number of nitrogens with two attached hydrogens (primary N) is 1. The van der Waals surface area contributed by atoms with Crippen LogP contribution in [0, 0.1) is 17.2 Å². The van der Waals surface area contributed by atoms with E-state index in [2.05, 4.69) is 20.6 Å². The third kappa shape index (κ3) is 8.86. The molecule has 2 aliphatic rings. The van der Waals surface area contributed by atoms with Crippen molar-refractivity contribution in [2.75, 3.05) is 30.9 Å². The van der Waals surface area contributed by atoms with Gasteiger partial charge in [-0.15, -0.1) is 10.2 Å². The maximum atomic E-state index is 14.1. The van der Waals surface area contributed by atoms with E-state index >= 15 is 0 Å². The molecule has 16 heteroatoms. The van der Waals surface area contributed by atoms with E-state index in [4.69, 9.17) is 16.2 Å². The molecular formula is C31H37F6N9O. The molecule has 1 aromatic carbocycles. The number of pyridine rings is 1. The molecule has 2 aliphatic carbocycles. The summed E-state index contributed by atoms with van der Waals surface area (Å²) in [6, 6.07) is 2.91. The van der Waals surface area contributed by atoms with Gasteiger partial charge in [-0.1, -0.05) is 31.4 Å². The number of anilines is 2. The van der Waals surface area contributed by atoms with Crippen LogP contribution < -0.4 is 16.1 Å². The van der Waals surface area contributed by atoms with Gasteiger partial charge in [-0.25, -0.2) is 4.98 Å². The molecule has 4 rings (SSSR count). The van der Waals surface area contributed by atoms with Crippen molar-refractivity contribution in [1.82, 2.24) is 9.88 Å². The van der Waals surface area contributed by atoms with Crippen LogP contribution in [0.3, 0.4) is 0 Å². The molecule has 0 bridgehead atoms. The minimum Gasteiger partial charge on any atom is -0.373 e. The zero-order valence-corrected chi connectivity index (χ0v) is 26.2. The first-order valence-corrected chi connectivity index (χ1v) is 15.0. The number of amides is 1. The average molecular weight is 666 g/mol. The number of nitrogens with one attached hydrogen (secondary N) is 2. The van der Waals surface area contributed by atoms with Gasteiger partial charge >= 0.3 is 12.4 Å². The van der Waals surface area contributed by atoms with Crippen molar-refractivity contribution in [3.63, 3.8) is 0 Å². The summed E-state index contributed by atoms with van der Waals surface area (Å²) in [4.78, 5) is 21.7. The van der Waals surface area contributed by atoms with E-state index in [1.165, 1.54) is 18.9 Å². The summed E-state index contributed by atoms with van der Waals surface area (Å²) >= 11 is 0. The van der Waals surface area contributed by atoms with Gasteiger partial charge in [0.2, 0.25) is 5.91 Å². The van der Waals surface area contributed by atoms with E-state index < -0.39 is 30.0 Å². The van der Waals surface area contributed by atoms with E-state index in [1.807, 2.05) is 12.2 Å². The fraction of sp³-hybridized carbons (Fsp3) is 0.484. The van der Waals surface area contributed by atoms with Crippen molar-refractivity contribution >= 4 is 29.2 Å². The number of rotatable bonds is 10. The highest BCUT2D eigenvalue weighted by atomic mass is 19.4. The molecule has 0 aliphatic heterocycles. The molecule has 0 radical (unpaired) electrons. The monoisotopic (exact) mass is 665 g/mol. The number of hydrazone groups is 1. The van der Waals surface area contributed by atoms with Gasteiger partial charge in [0.15, 0.2) is 0 Å². The van der Waals surface area contributed by atoms with E-state index in [1.54, 1.807) is 18.0 Å². The van der Waals surface area contributed by atoms with Gasteiger partial charge in [0.05, 0.1) is 17.7 Å². The zero-order chi connectivity index (χ0) is 34.5. The van der Waals surface area contributed by atoms with Crippen molar-refractivity contribution in [1.29, 1.82) is 5.41 Å². The smallest absolute Gasteiger partial charge is 0.373 e. The third-order valence-electron chi connectivity index (χ3n) is 8.02. The number of aromatic nitrogens is 1. The van der Waals surface area contributed by atoms with E-state index in [0.29, 0.717) is 41.9 Å². The lowest BCUT2D eigenvalue weighted by Gasteiger charge is -2.32.